The molecule has 1 aliphatic heterocycles. The lowest BCUT2D eigenvalue weighted by Gasteiger charge is -1.97. The number of rotatable bonds is 4. The third-order valence-corrected chi connectivity index (χ3v) is 4.87. The standard InChI is InChI=1S/C13H9ClN2O3S2/c14-11-4-3-10(21-11)9-2-1-8(19-9)7-5-12(16-15-7)20-6-13(17)18/h1-4H,5-6H2,(H,17,18). The maximum absolute atomic E-state index is 10.5. The molecule has 0 radical (unpaired) electrons. The molecule has 21 heavy (non-hydrogen) atoms. The lowest BCUT2D eigenvalue weighted by Crippen LogP contribution is -2.04. The van der Waals surface area contributed by atoms with Gasteiger partial charge < -0.3 is 9.52 Å². The van der Waals surface area contributed by atoms with Crippen LogP contribution in [0.15, 0.2) is 38.9 Å². The van der Waals surface area contributed by atoms with E-state index in [2.05, 4.69) is 10.2 Å². The molecular weight excluding hydrogens is 332 g/mol. The van der Waals surface area contributed by atoms with E-state index in [-0.39, 0.29) is 5.75 Å². The molecule has 2 aromatic rings. The zero-order chi connectivity index (χ0) is 14.8. The van der Waals surface area contributed by atoms with E-state index in [9.17, 15) is 4.79 Å². The molecule has 0 saturated heterocycles. The molecule has 1 N–H and O–H groups in total. The predicted molar refractivity (Wildman–Crippen MR) is 85.7 cm³/mol. The fourth-order valence-electron chi connectivity index (χ4n) is 1.76. The van der Waals surface area contributed by atoms with Crippen LogP contribution in [0.2, 0.25) is 4.34 Å². The van der Waals surface area contributed by atoms with Gasteiger partial charge in [-0.1, -0.05) is 23.4 Å². The molecule has 8 heteroatoms. The van der Waals surface area contributed by atoms with Crippen molar-refractivity contribution in [2.24, 2.45) is 10.2 Å². The van der Waals surface area contributed by atoms with E-state index in [4.69, 9.17) is 21.1 Å². The van der Waals surface area contributed by atoms with E-state index in [0.29, 0.717) is 27.3 Å². The van der Waals surface area contributed by atoms with Crippen molar-refractivity contribution in [1.82, 2.24) is 0 Å². The van der Waals surface area contributed by atoms with Crippen molar-refractivity contribution in [3.05, 3.63) is 34.4 Å². The summed E-state index contributed by atoms with van der Waals surface area (Å²) < 4.78 is 6.47. The van der Waals surface area contributed by atoms with Crippen LogP contribution in [-0.2, 0) is 4.79 Å². The monoisotopic (exact) mass is 340 g/mol. The lowest BCUT2D eigenvalue weighted by molar-refractivity contribution is -0.133. The van der Waals surface area contributed by atoms with Gasteiger partial charge in [-0.3, -0.25) is 4.79 Å². The fourth-order valence-corrected chi connectivity index (χ4v) is 3.40. The Hall–Kier alpha value is -1.57. The number of hydrogen-bond donors (Lipinski definition) is 1. The molecule has 1 aliphatic rings. The number of thiophene rings is 1. The van der Waals surface area contributed by atoms with Crippen molar-refractivity contribution < 1.29 is 14.3 Å². The first kappa shape index (κ1) is 14.4. The maximum Gasteiger partial charge on any atom is 0.313 e. The third kappa shape index (κ3) is 3.37. The van der Waals surface area contributed by atoms with Gasteiger partial charge >= 0.3 is 5.97 Å². The Kier molecular flexibility index (Phi) is 4.14. The van der Waals surface area contributed by atoms with Gasteiger partial charge in [0, 0.05) is 6.42 Å². The Morgan fingerprint density at radius 2 is 2.14 bits per heavy atom. The molecule has 0 aliphatic carbocycles. The van der Waals surface area contributed by atoms with Gasteiger partial charge in [-0.25, -0.2) is 0 Å². The van der Waals surface area contributed by atoms with Crippen LogP contribution in [0.25, 0.3) is 10.6 Å². The van der Waals surface area contributed by atoms with Crippen molar-refractivity contribution in [2.75, 3.05) is 5.75 Å². The van der Waals surface area contributed by atoms with Gasteiger partial charge in [0.05, 0.1) is 15.0 Å². The van der Waals surface area contributed by atoms with Gasteiger partial charge in [0.2, 0.25) is 0 Å². The van der Waals surface area contributed by atoms with Gasteiger partial charge in [-0.05, 0) is 24.3 Å². The number of furan rings is 1. The first-order chi connectivity index (χ1) is 10.1. The summed E-state index contributed by atoms with van der Waals surface area (Å²) in [5.74, 6) is 0.491. The summed E-state index contributed by atoms with van der Waals surface area (Å²) in [4.78, 5) is 11.5. The van der Waals surface area contributed by atoms with E-state index in [1.807, 2.05) is 24.3 Å². The lowest BCUT2D eigenvalue weighted by atomic mass is 10.2. The highest BCUT2D eigenvalue weighted by Gasteiger charge is 2.19. The number of halogens is 1. The van der Waals surface area contributed by atoms with Crippen LogP contribution < -0.4 is 0 Å². The zero-order valence-corrected chi connectivity index (χ0v) is 13.0. The van der Waals surface area contributed by atoms with Crippen LogP contribution >= 0.6 is 34.7 Å². The molecule has 0 saturated carbocycles. The molecular formula is C13H9ClN2O3S2. The topological polar surface area (TPSA) is 75.2 Å². The van der Waals surface area contributed by atoms with E-state index < -0.39 is 5.97 Å². The number of carbonyl (C=O) groups is 1. The Morgan fingerprint density at radius 3 is 2.86 bits per heavy atom. The second kappa shape index (κ2) is 6.05. The molecule has 0 atom stereocenters. The first-order valence-corrected chi connectivity index (χ1v) is 8.14. The predicted octanol–water partition coefficient (Wildman–Crippen LogP) is 3.99. The summed E-state index contributed by atoms with van der Waals surface area (Å²) in [7, 11) is 0. The van der Waals surface area contributed by atoms with Crippen molar-refractivity contribution in [3.8, 4) is 10.6 Å². The molecule has 3 rings (SSSR count). The number of carboxylic acid groups (broad SMARTS) is 1. The largest absolute Gasteiger partial charge is 0.481 e. The van der Waals surface area contributed by atoms with Crippen molar-refractivity contribution >= 4 is 51.4 Å². The Balaban J connectivity index is 1.67. The number of nitrogens with zero attached hydrogens (tertiary/aromatic N) is 2. The minimum atomic E-state index is -0.869. The van der Waals surface area contributed by atoms with E-state index in [1.165, 1.54) is 23.1 Å². The van der Waals surface area contributed by atoms with Crippen molar-refractivity contribution in [3.63, 3.8) is 0 Å². The molecule has 3 heterocycles. The summed E-state index contributed by atoms with van der Waals surface area (Å²) in [5.41, 5.74) is 0.705. The highest BCUT2D eigenvalue weighted by molar-refractivity contribution is 8.14. The zero-order valence-electron chi connectivity index (χ0n) is 10.6. The third-order valence-electron chi connectivity index (χ3n) is 2.67. The molecule has 108 valence electrons. The summed E-state index contributed by atoms with van der Waals surface area (Å²) in [5, 5.41) is 17.4. The summed E-state index contributed by atoms with van der Waals surface area (Å²) in [6, 6.07) is 7.42. The molecule has 0 spiro atoms. The highest BCUT2D eigenvalue weighted by Crippen LogP contribution is 2.32. The quantitative estimate of drug-likeness (QED) is 0.913. The molecule has 5 nitrogen and oxygen atoms in total. The number of carboxylic acids is 1. The van der Waals surface area contributed by atoms with Crippen LogP contribution in [0.5, 0.6) is 0 Å². The molecule has 0 amide bonds. The van der Waals surface area contributed by atoms with Crippen molar-refractivity contribution in [2.45, 2.75) is 6.42 Å². The smallest absolute Gasteiger partial charge is 0.313 e. The van der Waals surface area contributed by atoms with Crippen molar-refractivity contribution in [1.29, 1.82) is 0 Å². The summed E-state index contributed by atoms with van der Waals surface area (Å²) in [6.07, 6.45) is 0.496. The average Bonchev–Trinajstić information content (AvgIpc) is 3.15. The molecule has 0 bridgehead atoms. The first-order valence-electron chi connectivity index (χ1n) is 5.96. The van der Waals surface area contributed by atoms with Crippen LogP contribution in [0, 0.1) is 0 Å². The van der Waals surface area contributed by atoms with Gasteiger partial charge in [0.25, 0.3) is 0 Å². The number of thioether (sulfide) groups is 1. The number of aliphatic carboxylic acids is 1. The van der Waals surface area contributed by atoms with Gasteiger partial charge in [0.1, 0.15) is 16.5 Å². The van der Waals surface area contributed by atoms with E-state index in [0.717, 1.165) is 10.6 Å². The maximum atomic E-state index is 10.5. The number of hydrogen-bond acceptors (Lipinski definition) is 6. The summed E-state index contributed by atoms with van der Waals surface area (Å²) in [6.45, 7) is 0. The average molecular weight is 341 g/mol. The fraction of sp³-hybridized carbons (Fsp3) is 0.154. The molecule has 0 fully saturated rings. The molecule has 0 aromatic carbocycles. The van der Waals surface area contributed by atoms with Crippen LogP contribution in [0.1, 0.15) is 12.2 Å². The second-order valence-corrected chi connectivity index (χ2v) is 6.93. The SMILES string of the molecule is O=C(O)CSC1=NN=C(c2ccc(-c3ccc(Cl)s3)o2)C1. The van der Waals surface area contributed by atoms with E-state index in [1.54, 1.807) is 0 Å². The normalized spacial score (nSPS) is 14.1. The minimum Gasteiger partial charge on any atom is -0.481 e. The Morgan fingerprint density at radius 1 is 1.33 bits per heavy atom. The Bertz CT molecular complexity index is 748. The van der Waals surface area contributed by atoms with E-state index >= 15 is 0 Å². The van der Waals surface area contributed by atoms with Crippen LogP contribution in [-0.4, -0.2) is 27.6 Å². The van der Waals surface area contributed by atoms with Crippen LogP contribution in [0.4, 0.5) is 0 Å². The molecule has 0 unspecified atom stereocenters. The van der Waals surface area contributed by atoms with Gasteiger partial charge in [-0.2, -0.15) is 5.10 Å². The second-order valence-electron chi connectivity index (χ2n) is 4.17. The summed E-state index contributed by atoms with van der Waals surface area (Å²) >= 11 is 8.53. The molecule has 2 aromatic heterocycles. The van der Waals surface area contributed by atoms with Crippen LogP contribution in [0.3, 0.4) is 0 Å². The minimum absolute atomic E-state index is 0.0151. The van der Waals surface area contributed by atoms with Gasteiger partial charge in [0.15, 0.2) is 5.76 Å². The highest BCUT2D eigenvalue weighted by atomic mass is 35.5. The van der Waals surface area contributed by atoms with Gasteiger partial charge in [-0.15, -0.1) is 16.4 Å². The Labute approximate surface area is 133 Å².